The first-order valence-corrected chi connectivity index (χ1v) is 7.23. The van der Waals surface area contributed by atoms with Gasteiger partial charge in [0.15, 0.2) is 0 Å². The molecule has 0 aliphatic carbocycles. The van der Waals surface area contributed by atoms with E-state index in [0.717, 1.165) is 23.3 Å². The first kappa shape index (κ1) is 13.7. The number of hydrogen-bond acceptors (Lipinski definition) is 1. The molecule has 0 aliphatic heterocycles. The number of ether oxygens (including phenoxy) is 1. The predicted molar refractivity (Wildman–Crippen MR) is 84.5 cm³/mol. The molecule has 18 heavy (non-hydrogen) atoms. The van der Waals surface area contributed by atoms with Gasteiger partial charge in [0.25, 0.3) is 0 Å². The molecule has 1 nitrogen and oxygen atoms in total. The number of para-hydroxylation sites is 1. The van der Waals surface area contributed by atoms with Crippen LogP contribution in [-0.4, -0.2) is 7.11 Å². The Morgan fingerprint density at radius 1 is 1.11 bits per heavy atom. The van der Waals surface area contributed by atoms with E-state index in [0.29, 0.717) is 0 Å². The van der Waals surface area contributed by atoms with Crippen LogP contribution in [0, 0.1) is 3.57 Å². The van der Waals surface area contributed by atoms with Crippen LogP contribution in [0.1, 0.15) is 16.5 Å². The number of alkyl halides is 1. The maximum Gasteiger partial charge on any atom is 0.122 e. The van der Waals surface area contributed by atoms with Gasteiger partial charge in [-0.05, 0) is 58.3 Å². The lowest BCUT2D eigenvalue weighted by molar-refractivity contribution is 0.409. The number of rotatable bonds is 4. The molecular weight excluding hydrogens is 359 g/mol. The van der Waals surface area contributed by atoms with Crippen LogP contribution in [0.4, 0.5) is 0 Å². The first-order valence-electron chi connectivity index (χ1n) is 5.72. The summed E-state index contributed by atoms with van der Waals surface area (Å²) in [5.74, 6) is 0.897. The van der Waals surface area contributed by atoms with E-state index in [-0.39, 0.29) is 5.38 Å². The van der Waals surface area contributed by atoms with E-state index < -0.39 is 0 Å². The van der Waals surface area contributed by atoms with Gasteiger partial charge in [-0.1, -0.05) is 30.3 Å². The van der Waals surface area contributed by atoms with Crippen LogP contribution in [0.3, 0.4) is 0 Å². The standard InChI is InChI=1S/C15H14ClIO/c1-18-15-5-3-2-4-12(15)10-14(16)11-6-8-13(17)9-7-11/h2-9,14H,10H2,1H3. The SMILES string of the molecule is COc1ccccc1CC(Cl)c1ccc(I)cc1. The Balaban J connectivity index is 2.15. The average Bonchev–Trinajstić information content (AvgIpc) is 2.40. The monoisotopic (exact) mass is 372 g/mol. The second kappa shape index (κ2) is 6.43. The maximum atomic E-state index is 6.46. The first-order chi connectivity index (χ1) is 8.70. The van der Waals surface area contributed by atoms with Crippen molar-refractivity contribution < 1.29 is 4.74 Å². The van der Waals surface area contributed by atoms with E-state index in [4.69, 9.17) is 16.3 Å². The van der Waals surface area contributed by atoms with Crippen molar-refractivity contribution in [2.75, 3.05) is 7.11 Å². The Hall–Kier alpha value is -0.740. The molecule has 0 aromatic heterocycles. The van der Waals surface area contributed by atoms with Gasteiger partial charge in [0.05, 0.1) is 12.5 Å². The van der Waals surface area contributed by atoms with E-state index in [1.807, 2.05) is 18.2 Å². The lowest BCUT2D eigenvalue weighted by Gasteiger charge is -2.13. The van der Waals surface area contributed by atoms with Crippen LogP contribution in [0.25, 0.3) is 0 Å². The van der Waals surface area contributed by atoms with Crippen LogP contribution >= 0.6 is 34.2 Å². The molecule has 2 aromatic carbocycles. The number of hydrogen-bond donors (Lipinski definition) is 0. The third kappa shape index (κ3) is 3.39. The van der Waals surface area contributed by atoms with Gasteiger partial charge in [-0.15, -0.1) is 11.6 Å². The minimum Gasteiger partial charge on any atom is -0.496 e. The third-order valence-corrected chi connectivity index (χ3v) is 3.95. The van der Waals surface area contributed by atoms with Gasteiger partial charge in [-0.2, -0.15) is 0 Å². The van der Waals surface area contributed by atoms with Gasteiger partial charge in [-0.3, -0.25) is 0 Å². The van der Waals surface area contributed by atoms with Crippen LogP contribution in [0.5, 0.6) is 5.75 Å². The molecule has 0 saturated carbocycles. The summed E-state index contributed by atoms with van der Waals surface area (Å²) < 4.78 is 6.56. The molecule has 0 N–H and O–H groups in total. The highest BCUT2D eigenvalue weighted by atomic mass is 127. The van der Waals surface area contributed by atoms with Crippen molar-refractivity contribution in [3.05, 3.63) is 63.2 Å². The second-order valence-electron chi connectivity index (χ2n) is 4.04. The summed E-state index contributed by atoms with van der Waals surface area (Å²) in [7, 11) is 1.69. The van der Waals surface area contributed by atoms with Gasteiger partial charge in [0.1, 0.15) is 5.75 Å². The van der Waals surface area contributed by atoms with Crippen LogP contribution in [0.15, 0.2) is 48.5 Å². The molecule has 0 bridgehead atoms. The number of benzene rings is 2. The average molecular weight is 373 g/mol. The van der Waals surface area contributed by atoms with Gasteiger partial charge in [0.2, 0.25) is 0 Å². The molecule has 0 radical (unpaired) electrons. The van der Waals surface area contributed by atoms with Gasteiger partial charge < -0.3 is 4.74 Å². The molecule has 1 atom stereocenters. The van der Waals surface area contributed by atoms with Crippen molar-refractivity contribution in [1.82, 2.24) is 0 Å². The van der Waals surface area contributed by atoms with Crippen LogP contribution < -0.4 is 4.74 Å². The Labute approximate surface area is 126 Å². The summed E-state index contributed by atoms with van der Waals surface area (Å²) >= 11 is 8.76. The van der Waals surface area contributed by atoms with Crippen LogP contribution in [-0.2, 0) is 6.42 Å². The molecule has 0 saturated heterocycles. The Morgan fingerprint density at radius 3 is 2.44 bits per heavy atom. The molecule has 0 spiro atoms. The smallest absolute Gasteiger partial charge is 0.122 e. The molecule has 2 aromatic rings. The molecule has 3 heteroatoms. The summed E-state index contributed by atoms with van der Waals surface area (Å²) in [5.41, 5.74) is 2.28. The normalized spacial score (nSPS) is 12.2. The van der Waals surface area contributed by atoms with Crippen molar-refractivity contribution in [3.63, 3.8) is 0 Å². The summed E-state index contributed by atoms with van der Waals surface area (Å²) in [5, 5.41) is -0.0294. The summed E-state index contributed by atoms with van der Waals surface area (Å²) in [6, 6.07) is 16.3. The zero-order chi connectivity index (χ0) is 13.0. The van der Waals surface area contributed by atoms with Crippen molar-refractivity contribution in [1.29, 1.82) is 0 Å². The second-order valence-corrected chi connectivity index (χ2v) is 5.81. The van der Waals surface area contributed by atoms with Crippen molar-refractivity contribution >= 4 is 34.2 Å². The fraction of sp³-hybridized carbons (Fsp3) is 0.200. The van der Waals surface area contributed by atoms with E-state index in [9.17, 15) is 0 Å². The highest BCUT2D eigenvalue weighted by molar-refractivity contribution is 14.1. The van der Waals surface area contributed by atoms with E-state index in [2.05, 4.69) is 52.9 Å². The minimum absolute atomic E-state index is 0.0294. The highest BCUT2D eigenvalue weighted by Crippen LogP contribution is 2.29. The molecule has 0 fully saturated rings. The Morgan fingerprint density at radius 2 is 1.78 bits per heavy atom. The van der Waals surface area contributed by atoms with Crippen LogP contribution in [0.2, 0.25) is 0 Å². The van der Waals surface area contributed by atoms with Gasteiger partial charge in [-0.25, -0.2) is 0 Å². The Bertz CT molecular complexity index is 510. The summed E-state index contributed by atoms with van der Waals surface area (Å²) in [6.07, 6.45) is 0.770. The lowest BCUT2D eigenvalue weighted by atomic mass is 10.0. The van der Waals surface area contributed by atoms with Crippen molar-refractivity contribution in [3.8, 4) is 5.75 Å². The molecule has 1 unspecified atom stereocenters. The largest absolute Gasteiger partial charge is 0.496 e. The Kier molecular flexibility index (Phi) is 4.89. The molecule has 2 rings (SSSR count). The fourth-order valence-corrected chi connectivity index (χ4v) is 2.53. The minimum atomic E-state index is -0.0294. The van der Waals surface area contributed by atoms with Crippen molar-refractivity contribution in [2.24, 2.45) is 0 Å². The fourth-order valence-electron chi connectivity index (χ4n) is 1.85. The zero-order valence-corrected chi connectivity index (χ0v) is 13.0. The number of halogens is 2. The molecule has 0 aliphatic rings. The molecule has 0 amide bonds. The predicted octanol–water partition coefficient (Wildman–Crippen LogP) is 4.82. The highest BCUT2D eigenvalue weighted by Gasteiger charge is 2.11. The summed E-state index contributed by atoms with van der Waals surface area (Å²) in [4.78, 5) is 0. The zero-order valence-electron chi connectivity index (χ0n) is 10.1. The summed E-state index contributed by atoms with van der Waals surface area (Å²) in [6.45, 7) is 0. The van der Waals surface area contributed by atoms with Gasteiger partial charge in [0, 0.05) is 3.57 Å². The quantitative estimate of drug-likeness (QED) is 0.552. The molecule has 94 valence electrons. The van der Waals surface area contributed by atoms with Crippen molar-refractivity contribution in [2.45, 2.75) is 11.8 Å². The number of methoxy groups -OCH3 is 1. The topological polar surface area (TPSA) is 9.23 Å². The molecule has 0 heterocycles. The maximum absolute atomic E-state index is 6.46. The van der Waals surface area contributed by atoms with E-state index >= 15 is 0 Å². The van der Waals surface area contributed by atoms with Gasteiger partial charge >= 0.3 is 0 Å². The molecular formula is C15H14ClIO. The van der Waals surface area contributed by atoms with E-state index in [1.165, 1.54) is 3.57 Å². The third-order valence-electron chi connectivity index (χ3n) is 2.82. The van der Waals surface area contributed by atoms with E-state index in [1.54, 1.807) is 7.11 Å². The lowest BCUT2D eigenvalue weighted by Crippen LogP contribution is -1.98.